The SMILES string of the molecule is CS(=O)(=O)c1n[nH]c2c1CCCC2. The molecule has 0 aliphatic heterocycles. The summed E-state index contributed by atoms with van der Waals surface area (Å²) in [4.78, 5) is 0. The summed E-state index contributed by atoms with van der Waals surface area (Å²) in [5.41, 5.74) is 1.92. The zero-order chi connectivity index (χ0) is 9.47. The van der Waals surface area contributed by atoms with Gasteiger partial charge in [0, 0.05) is 17.5 Å². The highest BCUT2D eigenvalue weighted by Gasteiger charge is 2.22. The number of aromatic amines is 1. The fourth-order valence-corrected chi connectivity index (χ4v) is 2.64. The summed E-state index contributed by atoms with van der Waals surface area (Å²) in [5.74, 6) is 0. The van der Waals surface area contributed by atoms with Crippen molar-refractivity contribution in [1.29, 1.82) is 0 Å². The van der Waals surface area contributed by atoms with E-state index in [0.29, 0.717) is 0 Å². The molecule has 1 aliphatic carbocycles. The maximum Gasteiger partial charge on any atom is 0.194 e. The average Bonchev–Trinajstić information content (AvgIpc) is 2.45. The van der Waals surface area contributed by atoms with Crippen LogP contribution >= 0.6 is 0 Å². The zero-order valence-electron chi connectivity index (χ0n) is 7.50. The van der Waals surface area contributed by atoms with E-state index in [9.17, 15) is 8.42 Å². The molecule has 1 N–H and O–H groups in total. The molecule has 1 heterocycles. The Kier molecular flexibility index (Phi) is 1.91. The van der Waals surface area contributed by atoms with Gasteiger partial charge >= 0.3 is 0 Å². The van der Waals surface area contributed by atoms with Crippen LogP contribution in [0.15, 0.2) is 5.03 Å². The second kappa shape index (κ2) is 2.83. The lowest BCUT2D eigenvalue weighted by molar-refractivity contribution is 0.595. The number of nitrogens with one attached hydrogen (secondary N) is 1. The van der Waals surface area contributed by atoms with Gasteiger partial charge in [0.1, 0.15) is 0 Å². The zero-order valence-corrected chi connectivity index (χ0v) is 8.32. The second-order valence-corrected chi connectivity index (χ2v) is 5.40. The van der Waals surface area contributed by atoms with Crippen molar-refractivity contribution in [2.24, 2.45) is 0 Å². The molecule has 2 rings (SSSR count). The third-order valence-corrected chi connectivity index (χ3v) is 3.41. The molecule has 0 amide bonds. The molecular weight excluding hydrogens is 188 g/mol. The summed E-state index contributed by atoms with van der Waals surface area (Å²) < 4.78 is 22.6. The molecule has 0 bridgehead atoms. The number of aryl methyl sites for hydroxylation is 1. The second-order valence-electron chi connectivity index (χ2n) is 3.47. The van der Waals surface area contributed by atoms with Gasteiger partial charge in [-0.1, -0.05) is 0 Å². The van der Waals surface area contributed by atoms with E-state index in [1.54, 1.807) is 0 Å². The lowest BCUT2D eigenvalue weighted by Gasteiger charge is -2.09. The van der Waals surface area contributed by atoms with E-state index in [1.165, 1.54) is 6.26 Å². The summed E-state index contributed by atoms with van der Waals surface area (Å²) in [7, 11) is -3.14. The predicted molar refractivity (Wildman–Crippen MR) is 48.3 cm³/mol. The molecule has 1 aromatic rings. The standard InChI is InChI=1S/C8H12N2O2S/c1-13(11,12)8-6-4-2-3-5-7(6)9-10-8/h2-5H2,1H3,(H,9,10). The number of rotatable bonds is 1. The summed E-state index contributed by atoms with van der Waals surface area (Å²) >= 11 is 0. The molecular formula is C8H12N2O2S. The first-order valence-electron chi connectivity index (χ1n) is 4.35. The van der Waals surface area contributed by atoms with Gasteiger partial charge in [-0.05, 0) is 25.7 Å². The van der Waals surface area contributed by atoms with E-state index in [1.807, 2.05) is 0 Å². The minimum atomic E-state index is -3.14. The van der Waals surface area contributed by atoms with Crippen LogP contribution in [0.4, 0.5) is 0 Å². The quantitative estimate of drug-likeness (QED) is 0.725. The monoisotopic (exact) mass is 200 g/mol. The number of H-pyrrole nitrogens is 1. The van der Waals surface area contributed by atoms with Crippen LogP contribution < -0.4 is 0 Å². The minimum absolute atomic E-state index is 0.252. The Morgan fingerprint density at radius 1 is 1.31 bits per heavy atom. The molecule has 4 nitrogen and oxygen atoms in total. The highest BCUT2D eigenvalue weighted by atomic mass is 32.2. The highest BCUT2D eigenvalue weighted by molar-refractivity contribution is 7.90. The number of hydrogen-bond donors (Lipinski definition) is 1. The Morgan fingerprint density at radius 2 is 2.00 bits per heavy atom. The third kappa shape index (κ3) is 1.48. The molecule has 0 atom stereocenters. The smallest absolute Gasteiger partial charge is 0.194 e. The maximum atomic E-state index is 11.3. The van der Waals surface area contributed by atoms with E-state index in [2.05, 4.69) is 10.2 Å². The van der Waals surface area contributed by atoms with Crippen LogP contribution in [-0.4, -0.2) is 24.9 Å². The fourth-order valence-electron chi connectivity index (χ4n) is 1.76. The topological polar surface area (TPSA) is 62.8 Å². The molecule has 1 aliphatic rings. The van der Waals surface area contributed by atoms with Crippen molar-refractivity contribution in [3.8, 4) is 0 Å². The van der Waals surface area contributed by atoms with Crippen molar-refractivity contribution in [2.75, 3.05) is 6.26 Å². The maximum absolute atomic E-state index is 11.3. The Hall–Kier alpha value is -0.840. The molecule has 0 fully saturated rings. The number of nitrogens with zero attached hydrogens (tertiary/aromatic N) is 1. The van der Waals surface area contributed by atoms with Crippen molar-refractivity contribution in [3.05, 3.63) is 11.3 Å². The summed E-state index contributed by atoms with van der Waals surface area (Å²) in [6.07, 6.45) is 5.16. The van der Waals surface area contributed by atoms with E-state index in [-0.39, 0.29) is 5.03 Å². The van der Waals surface area contributed by atoms with Crippen LogP contribution in [0.25, 0.3) is 0 Å². The lowest BCUT2D eigenvalue weighted by atomic mass is 9.99. The number of fused-ring (bicyclic) bond motifs is 1. The molecule has 0 radical (unpaired) electrons. The Balaban J connectivity index is 2.55. The van der Waals surface area contributed by atoms with Crippen LogP contribution in [0.2, 0.25) is 0 Å². The van der Waals surface area contributed by atoms with Crippen LogP contribution in [0.1, 0.15) is 24.1 Å². The van der Waals surface area contributed by atoms with Crippen molar-refractivity contribution >= 4 is 9.84 Å². The van der Waals surface area contributed by atoms with E-state index in [4.69, 9.17) is 0 Å². The number of hydrogen-bond acceptors (Lipinski definition) is 3. The molecule has 1 aromatic heterocycles. The summed E-state index contributed by atoms with van der Waals surface area (Å²) in [6.45, 7) is 0. The normalized spacial score (nSPS) is 17.0. The number of aromatic nitrogens is 2. The first-order valence-corrected chi connectivity index (χ1v) is 6.24. The van der Waals surface area contributed by atoms with Gasteiger partial charge in [-0.3, -0.25) is 5.10 Å². The van der Waals surface area contributed by atoms with Gasteiger partial charge in [0.25, 0.3) is 0 Å². The van der Waals surface area contributed by atoms with Crippen molar-refractivity contribution in [3.63, 3.8) is 0 Å². The van der Waals surface area contributed by atoms with Crippen LogP contribution in [0.5, 0.6) is 0 Å². The van der Waals surface area contributed by atoms with Crippen LogP contribution in [0.3, 0.4) is 0 Å². The van der Waals surface area contributed by atoms with Gasteiger partial charge in [-0.25, -0.2) is 8.42 Å². The van der Waals surface area contributed by atoms with Crippen molar-refractivity contribution in [2.45, 2.75) is 30.7 Å². The fraction of sp³-hybridized carbons (Fsp3) is 0.625. The van der Waals surface area contributed by atoms with Crippen LogP contribution in [0, 0.1) is 0 Å². The Bertz CT molecular complexity index is 419. The molecule has 13 heavy (non-hydrogen) atoms. The largest absolute Gasteiger partial charge is 0.281 e. The van der Waals surface area contributed by atoms with Gasteiger partial charge in [0.05, 0.1) is 0 Å². The molecule has 0 saturated heterocycles. The molecule has 0 aromatic carbocycles. The Morgan fingerprint density at radius 3 is 2.69 bits per heavy atom. The number of sulfone groups is 1. The first-order chi connectivity index (χ1) is 6.09. The van der Waals surface area contributed by atoms with E-state index < -0.39 is 9.84 Å². The van der Waals surface area contributed by atoms with Gasteiger partial charge in [-0.15, -0.1) is 0 Å². The Labute approximate surface area is 77.3 Å². The average molecular weight is 200 g/mol. The molecule has 72 valence electrons. The molecule has 0 unspecified atom stereocenters. The molecule has 0 saturated carbocycles. The first kappa shape index (κ1) is 8.74. The third-order valence-electron chi connectivity index (χ3n) is 2.37. The minimum Gasteiger partial charge on any atom is -0.281 e. The predicted octanol–water partition coefficient (Wildman–Crippen LogP) is 0.692. The van der Waals surface area contributed by atoms with Crippen molar-refractivity contribution < 1.29 is 8.42 Å². The van der Waals surface area contributed by atoms with Gasteiger partial charge in [-0.2, -0.15) is 5.10 Å². The summed E-state index contributed by atoms with van der Waals surface area (Å²) in [6, 6.07) is 0. The summed E-state index contributed by atoms with van der Waals surface area (Å²) in [5, 5.41) is 6.91. The lowest BCUT2D eigenvalue weighted by Crippen LogP contribution is -2.06. The van der Waals surface area contributed by atoms with E-state index in [0.717, 1.165) is 36.9 Å². The van der Waals surface area contributed by atoms with Gasteiger partial charge < -0.3 is 0 Å². The molecule has 5 heteroatoms. The van der Waals surface area contributed by atoms with Crippen LogP contribution in [-0.2, 0) is 22.7 Å². The van der Waals surface area contributed by atoms with E-state index >= 15 is 0 Å². The molecule has 0 spiro atoms. The van der Waals surface area contributed by atoms with Gasteiger partial charge in [0.2, 0.25) is 0 Å². The highest BCUT2D eigenvalue weighted by Crippen LogP contribution is 2.24. The van der Waals surface area contributed by atoms with Gasteiger partial charge in [0.15, 0.2) is 14.9 Å². The van der Waals surface area contributed by atoms with Crippen molar-refractivity contribution in [1.82, 2.24) is 10.2 Å².